The van der Waals surface area contributed by atoms with E-state index in [-0.39, 0.29) is 19.3 Å². The summed E-state index contributed by atoms with van der Waals surface area (Å²) >= 11 is 0. The van der Waals surface area contributed by atoms with E-state index in [1.54, 1.807) is 25.3 Å². The molecule has 0 radical (unpaired) electrons. The number of carbonyl (C=O) groups is 1. The number of nitrogens with one attached hydrogen (secondary N) is 1. The highest BCUT2D eigenvalue weighted by Gasteiger charge is 2.14. The standard InChI is InChI=1S/C17H17NO5/c1-20-14-5-3-2-4-12(14)9-18-17(19)10-21-13-6-7-15-16(8-13)23-11-22-15/h2-8H,9-11H2,1H3,(H,18,19). The molecule has 3 rings (SSSR count). The van der Waals surface area contributed by atoms with Crippen LogP contribution in [-0.2, 0) is 11.3 Å². The minimum absolute atomic E-state index is 0.0746. The van der Waals surface area contributed by atoms with E-state index < -0.39 is 0 Å². The number of carbonyl (C=O) groups excluding carboxylic acids is 1. The van der Waals surface area contributed by atoms with Crippen molar-refractivity contribution < 1.29 is 23.7 Å². The Morgan fingerprint density at radius 2 is 2.00 bits per heavy atom. The van der Waals surface area contributed by atoms with Crippen molar-refractivity contribution in [2.24, 2.45) is 0 Å². The maximum Gasteiger partial charge on any atom is 0.258 e. The van der Waals surface area contributed by atoms with Crippen molar-refractivity contribution in [3.8, 4) is 23.0 Å². The SMILES string of the molecule is COc1ccccc1CNC(=O)COc1ccc2c(c1)OCO2. The molecule has 0 saturated heterocycles. The van der Waals surface area contributed by atoms with Crippen LogP contribution in [-0.4, -0.2) is 26.4 Å². The summed E-state index contributed by atoms with van der Waals surface area (Å²) in [5, 5.41) is 2.80. The Bertz CT molecular complexity index is 701. The van der Waals surface area contributed by atoms with Gasteiger partial charge in [0.1, 0.15) is 11.5 Å². The predicted octanol–water partition coefficient (Wildman–Crippen LogP) is 2.12. The van der Waals surface area contributed by atoms with Gasteiger partial charge in [0.25, 0.3) is 5.91 Å². The zero-order valence-corrected chi connectivity index (χ0v) is 12.7. The van der Waals surface area contributed by atoms with E-state index in [0.717, 1.165) is 11.3 Å². The predicted molar refractivity (Wildman–Crippen MR) is 82.9 cm³/mol. The van der Waals surface area contributed by atoms with Gasteiger partial charge >= 0.3 is 0 Å². The van der Waals surface area contributed by atoms with Crippen LogP contribution >= 0.6 is 0 Å². The summed E-state index contributed by atoms with van der Waals surface area (Å²) < 4.78 is 21.2. The maximum absolute atomic E-state index is 11.9. The van der Waals surface area contributed by atoms with Crippen LogP contribution in [0, 0.1) is 0 Å². The van der Waals surface area contributed by atoms with Gasteiger partial charge in [-0.05, 0) is 18.2 Å². The summed E-state index contributed by atoms with van der Waals surface area (Å²) in [6.45, 7) is 0.514. The molecule has 1 N–H and O–H groups in total. The molecule has 1 aliphatic rings. The summed E-state index contributed by atoms with van der Waals surface area (Å²) in [6.07, 6.45) is 0. The smallest absolute Gasteiger partial charge is 0.258 e. The van der Waals surface area contributed by atoms with E-state index in [2.05, 4.69) is 5.32 Å². The lowest BCUT2D eigenvalue weighted by atomic mass is 10.2. The van der Waals surface area contributed by atoms with Crippen molar-refractivity contribution >= 4 is 5.91 Å². The highest BCUT2D eigenvalue weighted by Crippen LogP contribution is 2.34. The van der Waals surface area contributed by atoms with Gasteiger partial charge in [0.05, 0.1) is 7.11 Å². The van der Waals surface area contributed by atoms with Crippen LogP contribution in [0.3, 0.4) is 0 Å². The molecule has 0 bridgehead atoms. The van der Waals surface area contributed by atoms with Crippen LogP contribution in [0.25, 0.3) is 0 Å². The van der Waals surface area contributed by atoms with Gasteiger partial charge in [0, 0.05) is 18.2 Å². The van der Waals surface area contributed by atoms with Gasteiger partial charge in [-0.25, -0.2) is 0 Å². The summed E-state index contributed by atoms with van der Waals surface area (Å²) in [7, 11) is 1.60. The number of para-hydroxylation sites is 1. The monoisotopic (exact) mass is 315 g/mol. The fourth-order valence-corrected chi connectivity index (χ4v) is 2.21. The van der Waals surface area contributed by atoms with Crippen LogP contribution in [0.2, 0.25) is 0 Å². The highest BCUT2D eigenvalue weighted by atomic mass is 16.7. The van der Waals surface area contributed by atoms with Gasteiger partial charge in [0.2, 0.25) is 6.79 Å². The van der Waals surface area contributed by atoms with Crippen molar-refractivity contribution in [1.82, 2.24) is 5.32 Å². The van der Waals surface area contributed by atoms with Crippen molar-refractivity contribution in [3.63, 3.8) is 0 Å². The molecule has 0 saturated carbocycles. The average Bonchev–Trinajstić information content (AvgIpc) is 3.06. The number of fused-ring (bicyclic) bond motifs is 1. The normalized spacial score (nSPS) is 11.9. The summed E-state index contributed by atoms with van der Waals surface area (Å²) in [5.74, 6) is 2.38. The summed E-state index contributed by atoms with van der Waals surface area (Å²) in [4.78, 5) is 11.9. The minimum Gasteiger partial charge on any atom is -0.496 e. The Labute approximate surface area is 133 Å². The fraction of sp³-hybridized carbons (Fsp3) is 0.235. The molecule has 0 aromatic heterocycles. The molecule has 1 heterocycles. The second kappa shape index (κ2) is 6.91. The number of hydrogen-bond acceptors (Lipinski definition) is 5. The van der Waals surface area contributed by atoms with Gasteiger partial charge in [-0.1, -0.05) is 18.2 Å². The molecule has 120 valence electrons. The van der Waals surface area contributed by atoms with Gasteiger partial charge in [-0.15, -0.1) is 0 Å². The van der Waals surface area contributed by atoms with Crippen LogP contribution in [0.4, 0.5) is 0 Å². The summed E-state index contributed by atoms with van der Waals surface area (Å²) in [5.41, 5.74) is 0.909. The molecule has 2 aromatic rings. The molecule has 1 amide bonds. The first-order valence-corrected chi connectivity index (χ1v) is 7.17. The fourth-order valence-electron chi connectivity index (χ4n) is 2.21. The van der Waals surface area contributed by atoms with E-state index >= 15 is 0 Å². The molecule has 0 spiro atoms. The zero-order valence-electron chi connectivity index (χ0n) is 12.7. The molecule has 23 heavy (non-hydrogen) atoms. The lowest BCUT2D eigenvalue weighted by Crippen LogP contribution is -2.28. The van der Waals surface area contributed by atoms with E-state index in [0.29, 0.717) is 23.8 Å². The zero-order chi connectivity index (χ0) is 16.1. The van der Waals surface area contributed by atoms with Crippen molar-refractivity contribution in [2.75, 3.05) is 20.5 Å². The molecule has 1 aliphatic heterocycles. The van der Waals surface area contributed by atoms with E-state index in [4.69, 9.17) is 18.9 Å². The first kappa shape index (κ1) is 15.0. The molecule has 6 heteroatoms. The van der Waals surface area contributed by atoms with Gasteiger partial charge in [-0.2, -0.15) is 0 Å². The van der Waals surface area contributed by atoms with Gasteiger partial charge < -0.3 is 24.3 Å². The second-order valence-corrected chi connectivity index (χ2v) is 4.89. The highest BCUT2D eigenvalue weighted by molar-refractivity contribution is 5.77. The Kier molecular flexibility index (Phi) is 4.52. The minimum atomic E-state index is -0.214. The maximum atomic E-state index is 11.9. The van der Waals surface area contributed by atoms with E-state index in [1.165, 1.54) is 0 Å². The lowest BCUT2D eigenvalue weighted by Gasteiger charge is -2.10. The molecule has 0 aliphatic carbocycles. The third-order valence-corrected chi connectivity index (χ3v) is 3.38. The Morgan fingerprint density at radius 1 is 1.17 bits per heavy atom. The van der Waals surface area contributed by atoms with Crippen LogP contribution < -0.4 is 24.3 Å². The first-order chi connectivity index (χ1) is 11.3. The molecule has 0 atom stereocenters. The van der Waals surface area contributed by atoms with Crippen LogP contribution in [0.1, 0.15) is 5.56 Å². The Balaban J connectivity index is 1.50. The molecule has 0 unspecified atom stereocenters. The number of benzene rings is 2. The molecule has 2 aromatic carbocycles. The third kappa shape index (κ3) is 3.66. The van der Waals surface area contributed by atoms with Crippen molar-refractivity contribution in [2.45, 2.75) is 6.54 Å². The number of hydrogen-bond donors (Lipinski definition) is 1. The van der Waals surface area contributed by atoms with E-state index in [1.807, 2.05) is 24.3 Å². The van der Waals surface area contributed by atoms with Gasteiger partial charge in [-0.3, -0.25) is 4.79 Å². The van der Waals surface area contributed by atoms with Crippen LogP contribution in [0.15, 0.2) is 42.5 Å². The quantitative estimate of drug-likeness (QED) is 0.884. The third-order valence-electron chi connectivity index (χ3n) is 3.38. The second-order valence-electron chi connectivity index (χ2n) is 4.89. The molecular formula is C17H17NO5. The van der Waals surface area contributed by atoms with Gasteiger partial charge in [0.15, 0.2) is 18.1 Å². The number of rotatable bonds is 6. The van der Waals surface area contributed by atoms with E-state index in [9.17, 15) is 4.79 Å². The topological polar surface area (TPSA) is 66.0 Å². The number of methoxy groups -OCH3 is 1. The van der Waals surface area contributed by atoms with Crippen molar-refractivity contribution in [3.05, 3.63) is 48.0 Å². The summed E-state index contributed by atoms with van der Waals surface area (Å²) in [6, 6.07) is 12.7. The first-order valence-electron chi connectivity index (χ1n) is 7.17. The lowest BCUT2D eigenvalue weighted by molar-refractivity contribution is -0.123. The average molecular weight is 315 g/mol. The van der Waals surface area contributed by atoms with Crippen molar-refractivity contribution in [1.29, 1.82) is 0 Å². The Morgan fingerprint density at radius 3 is 2.87 bits per heavy atom. The molecule has 6 nitrogen and oxygen atoms in total. The molecular weight excluding hydrogens is 298 g/mol. The number of ether oxygens (including phenoxy) is 4. The molecule has 0 fully saturated rings. The Hall–Kier alpha value is -2.89. The largest absolute Gasteiger partial charge is 0.496 e. The van der Waals surface area contributed by atoms with Crippen LogP contribution in [0.5, 0.6) is 23.0 Å². The number of amides is 1.